The van der Waals surface area contributed by atoms with Crippen LogP contribution in [-0.4, -0.2) is 65.4 Å². The van der Waals surface area contributed by atoms with Crippen LogP contribution in [0, 0.1) is 0 Å². The monoisotopic (exact) mass is 376 g/mol. The third-order valence-electron chi connectivity index (χ3n) is 3.15. The number of nitrogens with one attached hydrogen (secondary N) is 1. The molecule has 0 aliphatic rings. The van der Waals surface area contributed by atoms with E-state index in [9.17, 15) is 9.59 Å². The number of benzene rings is 2. The molecule has 0 bridgehead atoms. The number of nitrogens with two attached hydrogens (primary N) is 1. The fourth-order valence-electron chi connectivity index (χ4n) is 1.75. The van der Waals surface area contributed by atoms with Crippen molar-refractivity contribution >= 4 is 37.0 Å². The summed E-state index contributed by atoms with van der Waals surface area (Å²) in [5.41, 5.74) is 5.76. The van der Waals surface area contributed by atoms with Crippen molar-refractivity contribution in [1.29, 1.82) is 0 Å². The van der Waals surface area contributed by atoms with Crippen molar-refractivity contribution in [1.82, 2.24) is 5.32 Å². The number of carboxylic acid groups (broad SMARTS) is 1. The topological polar surface area (TPSA) is 173 Å². The van der Waals surface area contributed by atoms with E-state index in [1.165, 1.54) is 62.6 Å². The van der Waals surface area contributed by atoms with Crippen LogP contribution in [0.3, 0.4) is 0 Å². The smallest absolute Gasteiger partial charge is 0.478 e. The second-order valence-corrected chi connectivity index (χ2v) is 4.88. The summed E-state index contributed by atoms with van der Waals surface area (Å²) in [7, 11) is 0.00325. The van der Waals surface area contributed by atoms with Crippen LogP contribution in [-0.2, 0) is 0 Å². The van der Waals surface area contributed by atoms with E-state index in [1.807, 2.05) is 0 Å². The minimum absolute atomic E-state index is 0.124. The van der Waals surface area contributed by atoms with Gasteiger partial charge in [0.15, 0.2) is 0 Å². The lowest BCUT2D eigenvalue weighted by atomic mass is 9.80. The van der Waals surface area contributed by atoms with Gasteiger partial charge in [-0.05, 0) is 42.2 Å². The highest BCUT2D eigenvalue weighted by Crippen LogP contribution is 1.97. The van der Waals surface area contributed by atoms with Crippen molar-refractivity contribution in [2.45, 2.75) is 0 Å². The molecule has 0 aromatic heterocycles. The van der Waals surface area contributed by atoms with E-state index in [0.29, 0.717) is 11.0 Å². The van der Waals surface area contributed by atoms with Gasteiger partial charge in [-0.15, -0.1) is 0 Å². The van der Waals surface area contributed by atoms with Crippen LogP contribution in [0.25, 0.3) is 0 Å². The zero-order valence-electron chi connectivity index (χ0n) is 14.9. The zero-order valence-corrected chi connectivity index (χ0v) is 14.9. The molecule has 144 valence electrons. The van der Waals surface area contributed by atoms with Gasteiger partial charge in [0.05, 0.1) is 5.56 Å². The van der Waals surface area contributed by atoms with Gasteiger partial charge in [-0.3, -0.25) is 4.79 Å². The average Bonchev–Trinajstić information content (AvgIpc) is 2.69. The molecule has 0 aliphatic carbocycles. The summed E-state index contributed by atoms with van der Waals surface area (Å²) in [6, 6.07) is 11.4. The molecule has 0 spiro atoms. The van der Waals surface area contributed by atoms with E-state index in [4.69, 9.17) is 25.2 Å². The Labute approximate surface area is 157 Å². The number of carbonyl (C=O) groups excluding carboxylic acids is 1. The van der Waals surface area contributed by atoms with Gasteiger partial charge in [0.2, 0.25) is 0 Å². The molecule has 0 saturated carbocycles. The van der Waals surface area contributed by atoms with Gasteiger partial charge >= 0.3 is 20.2 Å². The minimum Gasteiger partial charge on any atom is -0.478 e. The molecule has 27 heavy (non-hydrogen) atoms. The first-order valence-electron chi connectivity index (χ1n) is 7.71. The molecular formula is C16H22B2N2O7. The first-order chi connectivity index (χ1) is 12.8. The number of carbonyl (C=O) groups is 2. The van der Waals surface area contributed by atoms with E-state index in [0.717, 1.165) is 0 Å². The molecule has 0 radical (unpaired) electrons. The highest BCUT2D eigenvalue weighted by atomic mass is 16.4. The van der Waals surface area contributed by atoms with Gasteiger partial charge in [0, 0.05) is 12.6 Å². The van der Waals surface area contributed by atoms with Crippen molar-refractivity contribution in [2.75, 3.05) is 14.1 Å². The molecule has 0 fully saturated rings. The summed E-state index contributed by atoms with van der Waals surface area (Å²) in [6.45, 7) is 0. The minimum atomic E-state index is -1.55. The number of hydrogen-bond acceptors (Lipinski definition) is 7. The Morgan fingerprint density at radius 3 is 1.37 bits per heavy atom. The number of amides is 1. The van der Waals surface area contributed by atoms with E-state index in [1.54, 1.807) is 0 Å². The van der Waals surface area contributed by atoms with Crippen molar-refractivity contribution in [3.05, 3.63) is 59.7 Å². The summed E-state index contributed by atoms with van der Waals surface area (Å²) in [4.78, 5) is 21.4. The molecule has 8 N–H and O–H groups in total. The van der Waals surface area contributed by atoms with Crippen LogP contribution in [0.2, 0.25) is 0 Å². The highest BCUT2D eigenvalue weighted by Gasteiger charge is 2.11. The first-order valence-corrected chi connectivity index (χ1v) is 7.71. The van der Waals surface area contributed by atoms with Crippen molar-refractivity contribution in [3.8, 4) is 0 Å². The second-order valence-electron chi connectivity index (χ2n) is 4.88. The number of rotatable bonds is 4. The number of hydrogen-bond donors (Lipinski definition) is 7. The predicted octanol–water partition coefficient (Wildman–Crippen LogP) is -2.63. The van der Waals surface area contributed by atoms with E-state index in [-0.39, 0.29) is 16.9 Å². The van der Waals surface area contributed by atoms with Crippen LogP contribution < -0.4 is 22.0 Å². The third kappa shape index (κ3) is 8.49. The molecule has 2 aromatic rings. The van der Waals surface area contributed by atoms with Gasteiger partial charge in [-0.25, -0.2) is 4.79 Å². The van der Waals surface area contributed by atoms with Gasteiger partial charge in [-0.2, -0.15) is 0 Å². The number of carboxylic acids is 1. The van der Waals surface area contributed by atoms with Gasteiger partial charge < -0.3 is 36.3 Å². The Hall–Kier alpha value is -2.69. The van der Waals surface area contributed by atoms with E-state index >= 15 is 0 Å². The molecule has 2 aromatic carbocycles. The Balaban J connectivity index is 0.000000460. The highest BCUT2D eigenvalue weighted by molar-refractivity contribution is 6.58. The molecule has 9 nitrogen and oxygen atoms in total. The molecule has 1 amide bonds. The Morgan fingerprint density at radius 1 is 0.778 bits per heavy atom. The quantitative estimate of drug-likeness (QED) is 0.284. The summed E-state index contributed by atoms with van der Waals surface area (Å²) in [5, 5.41) is 45.8. The van der Waals surface area contributed by atoms with Crippen LogP contribution in [0.1, 0.15) is 20.7 Å². The fraction of sp³-hybridized carbons (Fsp3) is 0.125. The van der Waals surface area contributed by atoms with Crippen LogP contribution in [0.15, 0.2) is 48.5 Å². The summed E-state index contributed by atoms with van der Waals surface area (Å²) in [5.74, 6) is -1.23. The maximum absolute atomic E-state index is 11.1. The standard InChI is InChI=1S/C8H10BNO3.C7H7BO4.CH5N/c1-10-8(11)6-2-4-7(5-3-6)9(12)13;9-7(10)5-1-3-6(4-2-5)8(11)12;1-2/h2-5,12-13H,1H3,(H,10,11);1-4,11-12H,(H,9,10);2H2,1H3. The lowest BCUT2D eigenvalue weighted by Gasteiger charge is -2.01. The molecular weight excluding hydrogens is 354 g/mol. The van der Waals surface area contributed by atoms with Gasteiger partial charge in [-0.1, -0.05) is 24.3 Å². The predicted molar refractivity (Wildman–Crippen MR) is 103 cm³/mol. The van der Waals surface area contributed by atoms with Crippen molar-refractivity contribution in [2.24, 2.45) is 5.73 Å². The molecule has 0 saturated heterocycles. The van der Waals surface area contributed by atoms with Gasteiger partial charge in [0.25, 0.3) is 5.91 Å². The van der Waals surface area contributed by atoms with Crippen molar-refractivity contribution in [3.63, 3.8) is 0 Å². The lowest BCUT2D eigenvalue weighted by molar-refractivity contribution is 0.0696. The van der Waals surface area contributed by atoms with Crippen molar-refractivity contribution < 1.29 is 34.8 Å². The normalized spacial score (nSPS) is 9.00. The van der Waals surface area contributed by atoms with Gasteiger partial charge in [0.1, 0.15) is 0 Å². The molecule has 0 unspecified atom stereocenters. The van der Waals surface area contributed by atoms with Crippen LogP contribution in [0.5, 0.6) is 0 Å². The molecule has 0 atom stereocenters. The molecule has 2 rings (SSSR count). The summed E-state index contributed by atoms with van der Waals surface area (Å²) < 4.78 is 0. The second kappa shape index (κ2) is 12.6. The largest absolute Gasteiger partial charge is 0.488 e. The van der Waals surface area contributed by atoms with E-state index in [2.05, 4.69) is 11.1 Å². The molecule has 0 heterocycles. The maximum atomic E-state index is 11.1. The SMILES string of the molecule is CN.CNC(=O)c1ccc(B(O)O)cc1.O=C(O)c1ccc(B(O)O)cc1. The van der Waals surface area contributed by atoms with E-state index < -0.39 is 20.2 Å². The third-order valence-corrected chi connectivity index (χ3v) is 3.15. The Bertz CT molecular complexity index is 708. The summed E-state index contributed by atoms with van der Waals surface area (Å²) in [6.07, 6.45) is 0. The first kappa shape index (κ1) is 24.3. The summed E-state index contributed by atoms with van der Waals surface area (Å²) >= 11 is 0. The maximum Gasteiger partial charge on any atom is 0.488 e. The molecule has 11 heteroatoms. The Kier molecular flexibility index (Phi) is 11.4. The van der Waals surface area contributed by atoms with Crippen LogP contribution >= 0.6 is 0 Å². The Morgan fingerprint density at radius 2 is 1.11 bits per heavy atom. The number of aromatic carboxylic acids is 1. The fourth-order valence-corrected chi connectivity index (χ4v) is 1.75. The average molecular weight is 376 g/mol. The molecule has 0 aliphatic heterocycles. The lowest BCUT2D eigenvalue weighted by Crippen LogP contribution is -2.30. The zero-order chi connectivity index (χ0) is 21.0. The van der Waals surface area contributed by atoms with Crippen LogP contribution in [0.4, 0.5) is 0 Å².